The summed E-state index contributed by atoms with van der Waals surface area (Å²) >= 11 is 3.33. The molecule has 0 unspecified atom stereocenters. The third-order valence-corrected chi connectivity index (χ3v) is 3.83. The fraction of sp³-hybridized carbons (Fsp3) is 0.312. The fourth-order valence-electron chi connectivity index (χ4n) is 2.03. The Morgan fingerprint density at radius 2 is 2.14 bits per heavy atom. The number of halogens is 2. The van der Waals surface area contributed by atoms with Gasteiger partial charge in [0.15, 0.2) is 11.6 Å². The number of rotatable bonds is 6. The molecular weight excluding hydrogens is 335 g/mol. The molecule has 0 spiro atoms. The summed E-state index contributed by atoms with van der Waals surface area (Å²) in [5.74, 6) is -0.0161. The lowest BCUT2D eigenvalue weighted by atomic mass is 10.2. The first kappa shape index (κ1) is 14.5. The predicted octanol–water partition coefficient (Wildman–Crippen LogP) is 3.81. The second-order valence-corrected chi connectivity index (χ2v) is 6.06. The molecule has 1 aromatic carbocycles. The van der Waals surface area contributed by atoms with Gasteiger partial charge in [-0.2, -0.15) is 0 Å². The number of benzene rings is 1. The average molecular weight is 351 g/mol. The van der Waals surface area contributed by atoms with Gasteiger partial charge in [0.25, 0.3) is 0 Å². The van der Waals surface area contributed by atoms with Crippen molar-refractivity contribution in [1.82, 2.24) is 10.3 Å². The summed E-state index contributed by atoms with van der Waals surface area (Å²) in [6.45, 7) is 0.885. The van der Waals surface area contributed by atoms with Crippen LogP contribution in [0.5, 0.6) is 5.75 Å². The Morgan fingerprint density at radius 1 is 1.29 bits per heavy atom. The highest BCUT2D eigenvalue weighted by Crippen LogP contribution is 2.26. The highest BCUT2D eigenvalue weighted by atomic mass is 79.9. The maximum absolute atomic E-state index is 14.0. The standard InChI is InChI=1S/C16H16BrFN2O/c17-12-4-5-14(20-9-12)10-21-16-11(2-1-3-15(16)18)8-19-13-6-7-13/h1-5,9,13,19H,6-8,10H2. The first-order chi connectivity index (χ1) is 10.2. The van der Waals surface area contributed by atoms with Gasteiger partial charge in [-0.05, 0) is 47.0 Å². The van der Waals surface area contributed by atoms with E-state index in [0.29, 0.717) is 18.3 Å². The van der Waals surface area contributed by atoms with Crippen LogP contribution in [-0.2, 0) is 13.2 Å². The number of hydrogen-bond donors (Lipinski definition) is 1. The molecule has 1 fully saturated rings. The minimum Gasteiger partial charge on any atom is -0.484 e. The average Bonchev–Trinajstić information content (AvgIpc) is 3.30. The molecule has 1 aliphatic rings. The highest BCUT2D eigenvalue weighted by Gasteiger charge is 2.21. The van der Waals surface area contributed by atoms with Crippen molar-refractivity contribution < 1.29 is 9.13 Å². The molecule has 5 heteroatoms. The van der Waals surface area contributed by atoms with E-state index < -0.39 is 0 Å². The van der Waals surface area contributed by atoms with Crippen molar-refractivity contribution in [1.29, 1.82) is 0 Å². The van der Waals surface area contributed by atoms with Crippen LogP contribution in [0.15, 0.2) is 41.0 Å². The molecule has 3 rings (SSSR count). The topological polar surface area (TPSA) is 34.1 Å². The zero-order valence-electron chi connectivity index (χ0n) is 11.5. The van der Waals surface area contributed by atoms with Crippen molar-refractivity contribution in [3.63, 3.8) is 0 Å². The molecule has 1 aliphatic carbocycles. The number of nitrogens with zero attached hydrogens (tertiary/aromatic N) is 1. The van der Waals surface area contributed by atoms with E-state index in [1.807, 2.05) is 18.2 Å². The second-order valence-electron chi connectivity index (χ2n) is 5.14. The van der Waals surface area contributed by atoms with Gasteiger partial charge in [0.05, 0.1) is 5.69 Å². The minimum atomic E-state index is -0.331. The van der Waals surface area contributed by atoms with Crippen LogP contribution in [0.4, 0.5) is 4.39 Å². The Bertz CT molecular complexity index is 614. The van der Waals surface area contributed by atoms with Gasteiger partial charge in [0.1, 0.15) is 6.61 Å². The molecular formula is C16H16BrFN2O. The van der Waals surface area contributed by atoms with Gasteiger partial charge in [-0.3, -0.25) is 4.98 Å². The molecule has 3 nitrogen and oxygen atoms in total. The molecule has 1 saturated carbocycles. The van der Waals surface area contributed by atoms with E-state index >= 15 is 0 Å². The molecule has 1 aromatic heterocycles. The smallest absolute Gasteiger partial charge is 0.165 e. The summed E-state index contributed by atoms with van der Waals surface area (Å²) in [5.41, 5.74) is 1.61. The van der Waals surface area contributed by atoms with Gasteiger partial charge in [-0.15, -0.1) is 0 Å². The molecule has 0 amide bonds. The zero-order valence-corrected chi connectivity index (χ0v) is 13.1. The summed E-state index contributed by atoms with van der Waals surface area (Å²) in [6.07, 6.45) is 4.11. The van der Waals surface area contributed by atoms with Crippen LogP contribution >= 0.6 is 15.9 Å². The maximum Gasteiger partial charge on any atom is 0.165 e. The summed E-state index contributed by atoms with van der Waals surface area (Å²) in [7, 11) is 0. The van der Waals surface area contributed by atoms with Crippen LogP contribution in [0.1, 0.15) is 24.1 Å². The van der Waals surface area contributed by atoms with E-state index in [9.17, 15) is 4.39 Å². The summed E-state index contributed by atoms with van der Waals surface area (Å²) in [4.78, 5) is 4.23. The van der Waals surface area contributed by atoms with Gasteiger partial charge in [-0.1, -0.05) is 12.1 Å². The molecule has 0 saturated heterocycles. The summed E-state index contributed by atoms with van der Waals surface area (Å²) in [5, 5.41) is 3.38. The number of aromatic nitrogens is 1. The molecule has 1 heterocycles. The van der Waals surface area contributed by atoms with Gasteiger partial charge in [0.2, 0.25) is 0 Å². The number of pyridine rings is 1. The Kier molecular flexibility index (Phi) is 4.51. The van der Waals surface area contributed by atoms with Crippen molar-refractivity contribution in [2.45, 2.75) is 32.0 Å². The Morgan fingerprint density at radius 3 is 2.86 bits per heavy atom. The lowest BCUT2D eigenvalue weighted by Crippen LogP contribution is -2.16. The van der Waals surface area contributed by atoms with E-state index in [1.54, 1.807) is 12.3 Å². The first-order valence-corrected chi connectivity index (χ1v) is 7.75. The monoisotopic (exact) mass is 350 g/mol. The largest absolute Gasteiger partial charge is 0.484 e. The van der Waals surface area contributed by atoms with Crippen LogP contribution in [0.2, 0.25) is 0 Å². The molecule has 1 N–H and O–H groups in total. The van der Waals surface area contributed by atoms with Crippen LogP contribution < -0.4 is 10.1 Å². The van der Waals surface area contributed by atoms with Gasteiger partial charge >= 0.3 is 0 Å². The summed E-state index contributed by atoms with van der Waals surface area (Å²) in [6, 6.07) is 9.35. The van der Waals surface area contributed by atoms with E-state index in [-0.39, 0.29) is 12.4 Å². The molecule has 0 atom stereocenters. The molecule has 2 aromatic rings. The molecule has 21 heavy (non-hydrogen) atoms. The first-order valence-electron chi connectivity index (χ1n) is 6.96. The van der Waals surface area contributed by atoms with Gasteiger partial charge < -0.3 is 10.1 Å². The van der Waals surface area contributed by atoms with E-state index in [2.05, 4.69) is 26.2 Å². The van der Waals surface area contributed by atoms with Crippen LogP contribution in [0.3, 0.4) is 0 Å². The molecule has 0 aliphatic heterocycles. The van der Waals surface area contributed by atoms with Crippen molar-refractivity contribution in [3.8, 4) is 5.75 Å². The van der Waals surface area contributed by atoms with Crippen LogP contribution in [0.25, 0.3) is 0 Å². The van der Waals surface area contributed by atoms with Crippen LogP contribution in [-0.4, -0.2) is 11.0 Å². The Hall–Kier alpha value is -1.46. The number of nitrogens with one attached hydrogen (secondary N) is 1. The normalized spacial score (nSPS) is 14.2. The van der Waals surface area contributed by atoms with Crippen molar-refractivity contribution in [2.24, 2.45) is 0 Å². The lowest BCUT2D eigenvalue weighted by molar-refractivity contribution is 0.282. The Labute approximate surface area is 131 Å². The molecule has 110 valence electrons. The maximum atomic E-state index is 14.0. The zero-order chi connectivity index (χ0) is 14.7. The third kappa shape index (κ3) is 4.02. The van der Waals surface area contributed by atoms with Crippen molar-refractivity contribution in [3.05, 3.63) is 58.1 Å². The summed E-state index contributed by atoms with van der Waals surface area (Å²) < 4.78 is 20.5. The van der Waals surface area contributed by atoms with Crippen molar-refractivity contribution in [2.75, 3.05) is 0 Å². The highest BCUT2D eigenvalue weighted by molar-refractivity contribution is 9.10. The SMILES string of the molecule is Fc1cccc(CNC2CC2)c1OCc1ccc(Br)cn1. The third-order valence-electron chi connectivity index (χ3n) is 3.36. The van der Waals surface area contributed by atoms with E-state index in [4.69, 9.17) is 4.74 Å². The molecule has 0 radical (unpaired) electrons. The fourth-order valence-corrected chi connectivity index (χ4v) is 2.27. The Balaban J connectivity index is 1.69. The quantitative estimate of drug-likeness (QED) is 0.859. The van der Waals surface area contributed by atoms with Crippen LogP contribution in [0, 0.1) is 5.82 Å². The van der Waals surface area contributed by atoms with E-state index in [1.165, 1.54) is 18.9 Å². The predicted molar refractivity (Wildman–Crippen MR) is 82.5 cm³/mol. The second kappa shape index (κ2) is 6.54. The minimum absolute atomic E-state index is 0.255. The van der Waals surface area contributed by atoms with Crippen molar-refractivity contribution >= 4 is 15.9 Å². The van der Waals surface area contributed by atoms with E-state index in [0.717, 1.165) is 15.7 Å². The number of ether oxygens (including phenoxy) is 1. The molecule has 0 bridgehead atoms. The number of hydrogen-bond acceptors (Lipinski definition) is 3. The van der Waals surface area contributed by atoms with Gasteiger partial charge in [-0.25, -0.2) is 4.39 Å². The lowest BCUT2D eigenvalue weighted by Gasteiger charge is -2.12. The number of para-hydroxylation sites is 1. The van der Waals surface area contributed by atoms with Gasteiger partial charge in [0, 0.05) is 28.8 Å².